The van der Waals surface area contributed by atoms with Crippen LogP contribution in [0.4, 0.5) is 10.2 Å². The zero-order valence-electron chi connectivity index (χ0n) is 13.4. The fraction of sp³-hybridized carbons (Fsp3) is 0.176. The number of nitrogens with zero attached hydrogens (tertiary/aromatic N) is 3. The van der Waals surface area contributed by atoms with Gasteiger partial charge in [-0.1, -0.05) is 23.9 Å². The molecule has 25 heavy (non-hydrogen) atoms. The summed E-state index contributed by atoms with van der Waals surface area (Å²) in [6, 6.07) is 9.28. The average Bonchev–Trinajstić information content (AvgIpc) is 2.61. The Morgan fingerprint density at radius 1 is 1.28 bits per heavy atom. The number of thioether (sulfide) groups is 1. The summed E-state index contributed by atoms with van der Waals surface area (Å²) in [4.78, 5) is 15.7. The number of pyridine rings is 1. The number of nitrogens with two attached hydrogens (primary N) is 1. The van der Waals surface area contributed by atoms with Crippen molar-refractivity contribution in [3.05, 3.63) is 41.2 Å². The number of carbonyl (C=O) groups is 1. The van der Waals surface area contributed by atoms with E-state index in [4.69, 9.17) is 5.73 Å². The lowest BCUT2D eigenvalue weighted by Gasteiger charge is -2.14. The number of hydrogen-bond donors (Lipinski definition) is 1. The molecular formula is C17H13FN4O2S. The van der Waals surface area contributed by atoms with Gasteiger partial charge in [-0.2, -0.15) is 10.5 Å². The van der Waals surface area contributed by atoms with Crippen LogP contribution in [-0.2, 0) is 9.53 Å². The Hall–Kier alpha value is -3.10. The van der Waals surface area contributed by atoms with Gasteiger partial charge in [0.15, 0.2) is 0 Å². The van der Waals surface area contributed by atoms with E-state index in [0.717, 1.165) is 11.8 Å². The van der Waals surface area contributed by atoms with Crippen LogP contribution in [0.2, 0.25) is 0 Å². The van der Waals surface area contributed by atoms with Crippen molar-refractivity contribution in [3.63, 3.8) is 0 Å². The predicted molar refractivity (Wildman–Crippen MR) is 90.8 cm³/mol. The number of anilines is 1. The van der Waals surface area contributed by atoms with Crippen LogP contribution in [0.5, 0.6) is 0 Å². The number of methoxy groups -OCH3 is 1. The third-order valence-electron chi connectivity index (χ3n) is 3.37. The molecule has 0 aliphatic rings. The summed E-state index contributed by atoms with van der Waals surface area (Å²) >= 11 is 1.00. The molecule has 1 heterocycles. The molecule has 0 bridgehead atoms. The van der Waals surface area contributed by atoms with E-state index < -0.39 is 17.0 Å². The zero-order valence-corrected chi connectivity index (χ0v) is 14.2. The van der Waals surface area contributed by atoms with E-state index in [1.165, 1.54) is 31.4 Å². The van der Waals surface area contributed by atoms with Gasteiger partial charge in [-0.05, 0) is 24.6 Å². The standard InChI is InChI=1S/C17H13FN4O2S/c1-9(17(23)24-2)25-16-13(8-20)14(12(7-19)15(21)22-16)10-3-5-11(18)6-4-10/h3-6,9H,1-2H3,(H2,21,22). The summed E-state index contributed by atoms with van der Waals surface area (Å²) in [5.74, 6) is -1.00. The maximum Gasteiger partial charge on any atom is 0.318 e. The van der Waals surface area contributed by atoms with Crippen LogP contribution in [0.1, 0.15) is 18.1 Å². The van der Waals surface area contributed by atoms with Gasteiger partial charge in [0.25, 0.3) is 0 Å². The second-order valence-electron chi connectivity index (χ2n) is 4.94. The van der Waals surface area contributed by atoms with Gasteiger partial charge in [-0.25, -0.2) is 9.37 Å². The van der Waals surface area contributed by atoms with E-state index in [1.54, 1.807) is 6.92 Å². The molecule has 0 aliphatic heterocycles. The Kier molecular flexibility index (Phi) is 5.58. The minimum atomic E-state index is -0.627. The number of hydrogen-bond acceptors (Lipinski definition) is 7. The Labute approximate surface area is 148 Å². The lowest BCUT2D eigenvalue weighted by Crippen LogP contribution is -2.15. The lowest BCUT2D eigenvalue weighted by atomic mass is 9.97. The van der Waals surface area contributed by atoms with Gasteiger partial charge in [0.2, 0.25) is 0 Å². The Morgan fingerprint density at radius 3 is 2.40 bits per heavy atom. The Bertz CT molecular complexity index is 901. The van der Waals surface area contributed by atoms with Gasteiger partial charge in [-0.15, -0.1) is 0 Å². The van der Waals surface area contributed by atoms with Gasteiger partial charge in [0.05, 0.1) is 12.7 Å². The number of nitriles is 2. The highest BCUT2D eigenvalue weighted by Crippen LogP contribution is 2.37. The minimum Gasteiger partial charge on any atom is -0.468 e. The monoisotopic (exact) mass is 356 g/mol. The molecule has 2 rings (SSSR count). The van der Waals surface area contributed by atoms with Crippen LogP contribution in [-0.4, -0.2) is 23.3 Å². The molecular weight excluding hydrogens is 343 g/mol. The molecule has 2 N–H and O–H groups in total. The SMILES string of the molecule is COC(=O)C(C)Sc1nc(N)c(C#N)c(-c2ccc(F)cc2)c1C#N. The molecule has 1 aromatic heterocycles. The molecule has 0 saturated carbocycles. The number of esters is 1. The van der Waals surface area contributed by atoms with E-state index in [-0.39, 0.29) is 27.5 Å². The van der Waals surface area contributed by atoms with Crippen LogP contribution in [0, 0.1) is 28.5 Å². The van der Waals surface area contributed by atoms with E-state index in [0.29, 0.717) is 5.56 Å². The average molecular weight is 356 g/mol. The van der Waals surface area contributed by atoms with E-state index >= 15 is 0 Å². The first-order valence-electron chi connectivity index (χ1n) is 7.07. The first-order valence-corrected chi connectivity index (χ1v) is 7.95. The third kappa shape index (κ3) is 3.70. The molecule has 0 aliphatic carbocycles. The van der Waals surface area contributed by atoms with Crippen LogP contribution in [0.15, 0.2) is 29.3 Å². The molecule has 8 heteroatoms. The summed E-state index contributed by atoms with van der Waals surface area (Å²) in [5.41, 5.74) is 6.70. The van der Waals surface area contributed by atoms with Gasteiger partial charge >= 0.3 is 5.97 Å². The van der Waals surface area contributed by atoms with Crippen LogP contribution < -0.4 is 5.73 Å². The molecule has 1 aromatic carbocycles. The first-order chi connectivity index (χ1) is 11.9. The van der Waals surface area contributed by atoms with Crippen molar-refractivity contribution < 1.29 is 13.9 Å². The molecule has 0 amide bonds. The third-order valence-corrected chi connectivity index (χ3v) is 4.43. The second kappa shape index (κ2) is 7.65. The molecule has 6 nitrogen and oxygen atoms in total. The number of benzene rings is 1. The number of aromatic nitrogens is 1. The molecule has 2 aromatic rings. The normalized spacial score (nSPS) is 11.2. The van der Waals surface area contributed by atoms with Crippen LogP contribution >= 0.6 is 11.8 Å². The molecule has 0 saturated heterocycles. The fourth-order valence-electron chi connectivity index (χ4n) is 2.17. The van der Waals surface area contributed by atoms with Crippen molar-refractivity contribution in [2.24, 2.45) is 0 Å². The number of carbonyl (C=O) groups excluding carboxylic acids is 1. The smallest absolute Gasteiger partial charge is 0.318 e. The number of nitrogen functional groups attached to an aromatic ring is 1. The Balaban J connectivity index is 2.69. The van der Waals surface area contributed by atoms with Crippen molar-refractivity contribution in [1.29, 1.82) is 10.5 Å². The highest BCUT2D eigenvalue weighted by molar-refractivity contribution is 8.00. The van der Waals surface area contributed by atoms with Gasteiger partial charge in [0.1, 0.15) is 39.6 Å². The van der Waals surface area contributed by atoms with Crippen molar-refractivity contribution >= 4 is 23.5 Å². The molecule has 126 valence electrons. The highest BCUT2D eigenvalue weighted by Gasteiger charge is 2.24. The number of rotatable bonds is 4. The zero-order chi connectivity index (χ0) is 18.6. The lowest BCUT2D eigenvalue weighted by molar-refractivity contribution is -0.139. The predicted octanol–water partition coefficient (Wildman–Crippen LogP) is 2.87. The van der Waals surface area contributed by atoms with Crippen LogP contribution in [0.25, 0.3) is 11.1 Å². The van der Waals surface area contributed by atoms with Crippen molar-refractivity contribution in [1.82, 2.24) is 4.98 Å². The van der Waals surface area contributed by atoms with Gasteiger partial charge < -0.3 is 10.5 Å². The summed E-state index contributed by atoms with van der Waals surface area (Å²) in [5, 5.41) is 18.6. The van der Waals surface area contributed by atoms with Gasteiger partial charge in [-0.3, -0.25) is 4.79 Å². The molecule has 1 unspecified atom stereocenters. The quantitative estimate of drug-likeness (QED) is 0.662. The minimum absolute atomic E-state index is 0.0261. The number of halogens is 1. The largest absolute Gasteiger partial charge is 0.468 e. The molecule has 0 spiro atoms. The van der Waals surface area contributed by atoms with E-state index in [9.17, 15) is 19.7 Å². The van der Waals surface area contributed by atoms with E-state index in [1.807, 2.05) is 12.1 Å². The van der Waals surface area contributed by atoms with E-state index in [2.05, 4.69) is 9.72 Å². The highest BCUT2D eigenvalue weighted by atomic mass is 32.2. The van der Waals surface area contributed by atoms with Crippen molar-refractivity contribution in [2.75, 3.05) is 12.8 Å². The van der Waals surface area contributed by atoms with Crippen LogP contribution in [0.3, 0.4) is 0 Å². The molecule has 0 radical (unpaired) electrons. The molecule has 1 atom stereocenters. The molecule has 0 fully saturated rings. The summed E-state index contributed by atoms with van der Waals surface area (Å²) in [7, 11) is 1.26. The second-order valence-corrected chi connectivity index (χ2v) is 6.27. The summed E-state index contributed by atoms with van der Waals surface area (Å²) in [6.45, 7) is 1.60. The summed E-state index contributed by atoms with van der Waals surface area (Å²) in [6.07, 6.45) is 0. The number of ether oxygens (including phenoxy) is 1. The Morgan fingerprint density at radius 2 is 1.88 bits per heavy atom. The van der Waals surface area contributed by atoms with Crippen molar-refractivity contribution in [2.45, 2.75) is 17.2 Å². The van der Waals surface area contributed by atoms with Gasteiger partial charge in [0, 0.05) is 5.56 Å². The topological polar surface area (TPSA) is 113 Å². The maximum atomic E-state index is 13.2. The van der Waals surface area contributed by atoms with Crippen molar-refractivity contribution in [3.8, 4) is 23.3 Å². The fourth-order valence-corrected chi connectivity index (χ4v) is 3.11. The summed E-state index contributed by atoms with van der Waals surface area (Å²) < 4.78 is 17.9. The first kappa shape index (κ1) is 18.2. The maximum absolute atomic E-state index is 13.2.